The monoisotopic (exact) mass is 238 g/mol. The summed E-state index contributed by atoms with van der Waals surface area (Å²) in [6.07, 6.45) is 2.44. The van der Waals surface area contributed by atoms with Crippen molar-refractivity contribution < 1.29 is 14.2 Å². The summed E-state index contributed by atoms with van der Waals surface area (Å²) in [6.45, 7) is 2.60. The van der Waals surface area contributed by atoms with E-state index in [9.17, 15) is 0 Å². The molecule has 1 saturated heterocycles. The van der Waals surface area contributed by atoms with Crippen LogP contribution in [-0.4, -0.2) is 38.0 Å². The van der Waals surface area contributed by atoms with Gasteiger partial charge in [-0.05, 0) is 12.8 Å². The number of ether oxygens (including phenoxy) is 3. The Hall–Kier alpha value is 0.360. The fourth-order valence-electron chi connectivity index (χ4n) is 0.982. The molecule has 1 heterocycles. The van der Waals surface area contributed by atoms with Crippen LogP contribution >= 0.6 is 15.9 Å². The van der Waals surface area contributed by atoms with Gasteiger partial charge in [-0.2, -0.15) is 0 Å². The number of alkyl halides is 1. The van der Waals surface area contributed by atoms with E-state index < -0.39 is 0 Å². The van der Waals surface area contributed by atoms with Gasteiger partial charge in [-0.1, -0.05) is 15.9 Å². The third kappa shape index (κ3) is 4.40. The second kappa shape index (κ2) is 6.83. The van der Waals surface area contributed by atoms with E-state index in [2.05, 4.69) is 15.9 Å². The average molecular weight is 239 g/mol. The Balaban J connectivity index is 1.81. The van der Waals surface area contributed by atoms with Gasteiger partial charge in [-0.15, -0.1) is 0 Å². The van der Waals surface area contributed by atoms with Crippen LogP contribution in [0.5, 0.6) is 0 Å². The van der Waals surface area contributed by atoms with Gasteiger partial charge in [0.1, 0.15) is 12.9 Å². The molecule has 3 nitrogen and oxygen atoms in total. The molecule has 0 bridgehead atoms. The normalized spacial score (nSPS) is 23.2. The van der Waals surface area contributed by atoms with Gasteiger partial charge in [0.2, 0.25) is 0 Å². The molecule has 0 aliphatic carbocycles. The Morgan fingerprint density at radius 2 is 2.33 bits per heavy atom. The zero-order valence-electron chi connectivity index (χ0n) is 7.13. The van der Waals surface area contributed by atoms with Gasteiger partial charge in [0.25, 0.3) is 0 Å². The number of rotatable bonds is 6. The van der Waals surface area contributed by atoms with Gasteiger partial charge >= 0.3 is 0 Å². The van der Waals surface area contributed by atoms with E-state index in [0.29, 0.717) is 20.0 Å². The molecule has 1 aliphatic rings. The summed E-state index contributed by atoms with van der Waals surface area (Å²) in [5, 5.41) is 1.05. The molecule has 72 valence electrons. The van der Waals surface area contributed by atoms with Crippen LogP contribution in [0.25, 0.3) is 0 Å². The molecule has 0 aromatic heterocycles. The zero-order chi connectivity index (χ0) is 8.65. The fourth-order valence-corrected chi connectivity index (χ4v) is 1.38. The Bertz CT molecular complexity index is 104. The average Bonchev–Trinajstić information content (AvgIpc) is 2.57. The molecule has 0 unspecified atom stereocenters. The Kier molecular flexibility index (Phi) is 5.94. The number of hydrogen-bond acceptors (Lipinski definition) is 3. The maximum absolute atomic E-state index is 5.39. The van der Waals surface area contributed by atoms with Crippen LogP contribution < -0.4 is 0 Å². The molecule has 1 aliphatic heterocycles. The van der Waals surface area contributed by atoms with Gasteiger partial charge in [0.15, 0.2) is 0 Å². The van der Waals surface area contributed by atoms with Crippen molar-refractivity contribution >= 4 is 15.9 Å². The van der Waals surface area contributed by atoms with E-state index in [1.54, 1.807) is 0 Å². The predicted octanol–water partition coefficient (Wildman–Crippen LogP) is 1.55. The number of hydrogen-bond donors (Lipinski definition) is 0. The first-order valence-electron chi connectivity index (χ1n) is 4.26. The first-order valence-corrected chi connectivity index (χ1v) is 5.38. The largest absolute Gasteiger partial charge is 0.379 e. The van der Waals surface area contributed by atoms with Gasteiger partial charge < -0.3 is 14.2 Å². The summed E-state index contributed by atoms with van der Waals surface area (Å²) in [7, 11) is 0. The standard InChI is InChI=1S/C8H15BrO3/c9-3-1-2-4-10-5-8-6-11-7-12-8/h8H,1-7H2/t8-/m0/s1. The van der Waals surface area contributed by atoms with Crippen molar-refractivity contribution in [2.45, 2.75) is 18.9 Å². The van der Waals surface area contributed by atoms with E-state index in [0.717, 1.165) is 18.4 Å². The van der Waals surface area contributed by atoms with Crippen molar-refractivity contribution in [1.82, 2.24) is 0 Å². The molecule has 0 aromatic rings. The highest BCUT2D eigenvalue weighted by Gasteiger charge is 2.15. The molecule has 0 radical (unpaired) electrons. The van der Waals surface area contributed by atoms with Crippen LogP contribution in [-0.2, 0) is 14.2 Å². The lowest BCUT2D eigenvalue weighted by Gasteiger charge is -2.07. The van der Waals surface area contributed by atoms with Crippen LogP contribution in [0, 0.1) is 0 Å². The van der Waals surface area contributed by atoms with Crippen LogP contribution in [0.1, 0.15) is 12.8 Å². The highest BCUT2D eigenvalue weighted by atomic mass is 79.9. The van der Waals surface area contributed by atoms with Crippen LogP contribution in [0.4, 0.5) is 0 Å². The highest BCUT2D eigenvalue weighted by molar-refractivity contribution is 9.09. The van der Waals surface area contributed by atoms with Crippen molar-refractivity contribution in [3.8, 4) is 0 Å². The lowest BCUT2D eigenvalue weighted by molar-refractivity contribution is 0.00475. The maximum Gasteiger partial charge on any atom is 0.147 e. The Morgan fingerprint density at radius 3 is 3.00 bits per heavy atom. The van der Waals surface area contributed by atoms with Crippen LogP contribution in [0.2, 0.25) is 0 Å². The van der Waals surface area contributed by atoms with Crippen LogP contribution in [0.15, 0.2) is 0 Å². The summed E-state index contributed by atoms with van der Waals surface area (Å²) in [4.78, 5) is 0. The molecular formula is C8H15BrO3. The molecule has 0 aromatic carbocycles. The first-order chi connectivity index (χ1) is 5.93. The quantitative estimate of drug-likeness (QED) is 0.520. The topological polar surface area (TPSA) is 27.7 Å². The first kappa shape index (κ1) is 10.4. The molecule has 1 rings (SSSR count). The van der Waals surface area contributed by atoms with Crippen molar-refractivity contribution in [3.63, 3.8) is 0 Å². The molecule has 0 spiro atoms. The van der Waals surface area contributed by atoms with E-state index >= 15 is 0 Å². The summed E-state index contributed by atoms with van der Waals surface area (Å²) in [6, 6.07) is 0. The Labute approximate surface area is 81.5 Å². The molecule has 12 heavy (non-hydrogen) atoms. The highest BCUT2D eigenvalue weighted by Crippen LogP contribution is 2.03. The minimum absolute atomic E-state index is 0.161. The van der Waals surface area contributed by atoms with Crippen molar-refractivity contribution in [3.05, 3.63) is 0 Å². The summed E-state index contributed by atoms with van der Waals surface area (Å²) in [5.41, 5.74) is 0. The molecule has 0 saturated carbocycles. The smallest absolute Gasteiger partial charge is 0.147 e. The Morgan fingerprint density at radius 1 is 1.42 bits per heavy atom. The van der Waals surface area contributed by atoms with Gasteiger partial charge in [0.05, 0.1) is 13.2 Å². The minimum Gasteiger partial charge on any atom is -0.379 e. The zero-order valence-corrected chi connectivity index (χ0v) is 8.72. The van der Waals surface area contributed by atoms with E-state index in [1.165, 1.54) is 6.42 Å². The van der Waals surface area contributed by atoms with E-state index in [1.807, 2.05) is 0 Å². The maximum atomic E-state index is 5.39. The van der Waals surface area contributed by atoms with E-state index in [4.69, 9.17) is 14.2 Å². The van der Waals surface area contributed by atoms with Gasteiger partial charge in [-0.3, -0.25) is 0 Å². The molecule has 0 N–H and O–H groups in total. The van der Waals surface area contributed by atoms with Gasteiger partial charge in [0, 0.05) is 11.9 Å². The molecule has 1 fully saturated rings. The third-order valence-corrected chi connectivity index (χ3v) is 2.23. The molecular weight excluding hydrogens is 224 g/mol. The van der Waals surface area contributed by atoms with Crippen LogP contribution in [0.3, 0.4) is 0 Å². The number of unbranched alkanes of at least 4 members (excludes halogenated alkanes) is 1. The SMILES string of the molecule is BrCCCCOC[C@H]1COCO1. The summed E-state index contributed by atoms with van der Waals surface area (Å²) < 4.78 is 15.6. The third-order valence-electron chi connectivity index (χ3n) is 1.67. The van der Waals surface area contributed by atoms with Crippen molar-refractivity contribution in [2.75, 3.05) is 31.9 Å². The lowest BCUT2D eigenvalue weighted by Crippen LogP contribution is -2.17. The molecule has 4 heteroatoms. The van der Waals surface area contributed by atoms with Gasteiger partial charge in [-0.25, -0.2) is 0 Å². The molecule has 0 amide bonds. The predicted molar refractivity (Wildman–Crippen MR) is 49.5 cm³/mol. The van der Waals surface area contributed by atoms with Crippen molar-refractivity contribution in [2.24, 2.45) is 0 Å². The lowest BCUT2D eigenvalue weighted by atomic mass is 10.3. The second-order valence-electron chi connectivity index (χ2n) is 2.75. The fraction of sp³-hybridized carbons (Fsp3) is 1.00. The minimum atomic E-state index is 0.161. The summed E-state index contributed by atoms with van der Waals surface area (Å²) >= 11 is 3.37. The number of halogens is 1. The van der Waals surface area contributed by atoms with Crippen molar-refractivity contribution in [1.29, 1.82) is 0 Å². The van der Waals surface area contributed by atoms with E-state index in [-0.39, 0.29) is 6.10 Å². The summed E-state index contributed by atoms with van der Waals surface area (Å²) in [5.74, 6) is 0. The molecule has 1 atom stereocenters. The second-order valence-corrected chi connectivity index (χ2v) is 3.54.